The molecule has 3 heterocycles. The van der Waals surface area contributed by atoms with Gasteiger partial charge in [-0.25, -0.2) is 9.78 Å². The molecule has 0 saturated carbocycles. The number of alkyl halides is 3. The van der Waals surface area contributed by atoms with Crippen LogP contribution in [0.4, 0.5) is 19.0 Å². The number of carbonyl (C=O) groups excluding carboxylic acids is 3. The summed E-state index contributed by atoms with van der Waals surface area (Å²) in [5, 5.41) is 6.16. The highest BCUT2D eigenvalue weighted by Gasteiger charge is 2.55. The zero-order chi connectivity index (χ0) is 21.3. The normalized spacial score (nSPS) is 21.0. The van der Waals surface area contributed by atoms with Crippen molar-refractivity contribution in [2.45, 2.75) is 19.1 Å². The van der Waals surface area contributed by atoms with Gasteiger partial charge >= 0.3 is 12.1 Å². The molecule has 0 bridgehead atoms. The molecule has 2 amide bonds. The van der Waals surface area contributed by atoms with Crippen molar-refractivity contribution in [2.75, 3.05) is 25.0 Å². The minimum atomic E-state index is -4.58. The molecule has 1 fully saturated rings. The lowest BCUT2D eigenvalue weighted by Gasteiger charge is -2.17. The summed E-state index contributed by atoms with van der Waals surface area (Å²) in [5.74, 6) is -3.07. The van der Waals surface area contributed by atoms with Gasteiger partial charge in [0.15, 0.2) is 5.71 Å². The Hall–Kier alpha value is -2.89. The summed E-state index contributed by atoms with van der Waals surface area (Å²) < 4.78 is 42.8. The number of hydrazone groups is 1. The van der Waals surface area contributed by atoms with Crippen molar-refractivity contribution in [1.29, 1.82) is 0 Å². The van der Waals surface area contributed by atoms with Crippen LogP contribution < -0.4 is 10.7 Å². The molecule has 1 aromatic heterocycles. The van der Waals surface area contributed by atoms with Crippen molar-refractivity contribution in [3.05, 3.63) is 22.8 Å². The van der Waals surface area contributed by atoms with Crippen molar-refractivity contribution in [1.82, 2.24) is 15.3 Å². The minimum absolute atomic E-state index is 0.0130. The Bertz CT molecular complexity index is 892. The van der Waals surface area contributed by atoms with Crippen LogP contribution in [0.3, 0.4) is 0 Å². The highest BCUT2D eigenvalue weighted by atomic mass is 35.5. The quantitative estimate of drug-likeness (QED) is 0.509. The summed E-state index contributed by atoms with van der Waals surface area (Å²) in [5.41, 5.74) is 1.30. The third-order valence-electron chi connectivity index (χ3n) is 4.30. The molecule has 2 aliphatic rings. The number of aromatic nitrogens is 1. The zero-order valence-electron chi connectivity index (χ0n) is 14.9. The molecule has 3 rings (SSSR count). The molecule has 2 aliphatic heterocycles. The second kappa shape index (κ2) is 7.85. The predicted molar refractivity (Wildman–Crippen MR) is 93.9 cm³/mol. The number of likely N-dealkylation sites (tertiary alicyclic amines) is 1. The number of ether oxygens (including phenoxy) is 1. The number of rotatable bonds is 6. The van der Waals surface area contributed by atoms with Gasteiger partial charge < -0.3 is 10.1 Å². The fourth-order valence-corrected chi connectivity index (χ4v) is 3.18. The number of amides is 2. The van der Waals surface area contributed by atoms with Crippen molar-refractivity contribution in [3.8, 4) is 0 Å². The molecule has 0 unspecified atom stereocenters. The maximum absolute atomic E-state index is 12.6. The fourth-order valence-electron chi connectivity index (χ4n) is 2.95. The summed E-state index contributed by atoms with van der Waals surface area (Å²) in [4.78, 5) is 41.4. The van der Waals surface area contributed by atoms with E-state index in [0.29, 0.717) is 6.20 Å². The number of pyridine rings is 1. The highest BCUT2D eigenvalue weighted by molar-refractivity contribution is 6.44. The van der Waals surface area contributed by atoms with E-state index in [0.717, 1.165) is 11.0 Å². The molecule has 13 heteroatoms. The molecule has 156 valence electrons. The summed E-state index contributed by atoms with van der Waals surface area (Å²) in [6, 6.07) is -0.269. The molecule has 1 aromatic rings. The van der Waals surface area contributed by atoms with Gasteiger partial charge in [-0.05, 0) is 13.0 Å². The van der Waals surface area contributed by atoms with Gasteiger partial charge in [-0.2, -0.15) is 18.3 Å². The highest BCUT2D eigenvalue weighted by Crippen LogP contribution is 2.32. The molecule has 0 spiro atoms. The number of nitrogens with zero attached hydrogens (tertiary/aromatic N) is 3. The number of esters is 1. The van der Waals surface area contributed by atoms with E-state index in [1.54, 1.807) is 6.92 Å². The molecular formula is C16H15ClF3N5O4. The van der Waals surface area contributed by atoms with Gasteiger partial charge in [0.2, 0.25) is 5.91 Å². The second-order valence-corrected chi connectivity index (χ2v) is 6.52. The average molecular weight is 434 g/mol. The molecule has 0 radical (unpaired) electrons. The largest absolute Gasteiger partial charge is 0.461 e. The number of hydrogen-bond acceptors (Lipinski definition) is 8. The number of carbonyl (C=O) groups is 3. The lowest BCUT2D eigenvalue weighted by molar-refractivity contribution is -0.140. The second-order valence-electron chi connectivity index (χ2n) is 6.11. The standard InChI is InChI=1S/C16H15ClF3N5O4/c1-2-29-15(28)11-9-10(23-24-11)14(27)25(13(9)26)4-3-21-12-8(17)5-7(6-22-12)16(18,19)20/h5-6,9-10,23H,2-4H2,1H3,(H,21,22)/t9-,10-/m1/s1. The third-order valence-corrected chi connectivity index (χ3v) is 4.59. The number of halogens is 4. The molecule has 2 N–H and O–H groups in total. The van der Waals surface area contributed by atoms with E-state index >= 15 is 0 Å². The molecule has 0 aromatic carbocycles. The summed E-state index contributed by atoms with van der Waals surface area (Å²) in [7, 11) is 0. The third kappa shape index (κ3) is 3.97. The predicted octanol–water partition coefficient (Wildman–Crippen LogP) is 1.04. The van der Waals surface area contributed by atoms with Crippen LogP contribution >= 0.6 is 11.6 Å². The minimum Gasteiger partial charge on any atom is -0.461 e. The van der Waals surface area contributed by atoms with Crippen LogP contribution in [0.15, 0.2) is 17.4 Å². The first-order valence-corrected chi connectivity index (χ1v) is 8.85. The Morgan fingerprint density at radius 1 is 1.38 bits per heavy atom. The Balaban J connectivity index is 1.62. The number of hydrogen-bond donors (Lipinski definition) is 2. The lowest BCUT2D eigenvalue weighted by atomic mass is 9.99. The molecule has 29 heavy (non-hydrogen) atoms. The van der Waals surface area contributed by atoms with E-state index in [9.17, 15) is 27.6 Å². The van der Waals surface area contributed by atoms with Crippen molar-refractivity contribution >= 4 is 40.9 Å². The summed E-state index contributed by atoms with van der Waals surface area (Å²) in [6.45, 7) is 1.56. The Morgan fingerprint density at radius 2 is 2.10 bits per heavy atom. The van der Waals surface area contributed by atoms with Crippen LogP contribution in [0.1, 0.15) is 12.5 Å². The average Bonchev–Trinajstić information content (AvgIpc) is 3.18. The van der Waals surface area contributed by atoms with E-state index in [1.807, 2.05) is 0 Å². The zero-order valence-corrected chi connectivity index (χ0v) is 15.7. The van der Waals surface area contributed by atoms with E-state index in [1.165, 1.54) is 0 Å². The Labute approximate surface area is 167 Å². The van der Waals surface area contributed by atoms with Gasteiger partial charge in [-0.3, -0.25) is 19.9 Å². The Kier molecular flexibility index (Phi) is 5.64. The van der Waals surface area contributed by atoms with Gasteiger partial charge in [0.05, 0.1) is 17.2 Å². The topological polar surface area (TPSA) is 113 Å². The number of imide groups is 1. The molecule has 1 saturated heterocycles. The van der Waals surface area contributed by atoms with E-state index < -0.39 is 41.5 Å². The maximum atomic E-state index is 12.6. The lowest BCUT2D eigenvalue weighted by Crippen LogP contribution is -2.39. The molecule has 2 atom stereocenters. The summed E-state index contributed by atoms with van der Waals surface area (Å²) in [6.07, 6.45) is -3.96. The van der Waals surface area contributed by atoms with Crippen LogP contribution in [0.2, 0.25) is 5.02 Å². The number of anilines is 1. The summed E-state index contributed by atoms with van der Waals surface area (Å²) >= 11 is 5.80. The monoisotopic (exact) mass is 433 g/mol. The van der Waals surface area contributed by atoms with Crippen LogP contribution in [-0.2, 0) is 25.3 Å². The van der Waals surface area contributed by atoms with E-state index in [4.69, 9.17) is 16.3 Å². The van der Waals surface area contributed by atoms with Gasteiger partial charge in [-0.1, -0.05) is 11.6 Å². The van der Waals surface area contributed by atoms with Crippen LogP contribution in [0.5, 0.6) is 0 Å². The van der Waals surface area contributed by atoms with Gasteiger partial charge in [0, 0.05) is 19.3 Å². The number of nitrogens with one attached hydrogen (secondary N) is 2. The first kappa shape index (κ1) is 20.8. The van der Waals surface area contributed by atoms with Crippen LogP contribution in [0, 0.1) is 5.92 Å². The van der Waals surface area contributed by atoms with E-state index in [-0.39, 0.29) is 36.2 Å². The molecule has 9 nitrogen and oxygen atoms in total. The van der Waals surface area contributed by atoms with Gasteiger partial charge in [-0.15, -0.1) is 0 Å². The molecular weight excluding hydrogens is 419 g/mol. The van der Waals surface area contributed by atoms with Crippen molar-refractivity contribution in [3.63, 3.8) is 0 Å². The SMILES string of the molecule is CCOC(=O)C1=NN[C@H]2C(=O)N(CCNc3ncc(C(F)(F)F)cc3Cl)C(=O)[C@@H]12. The first-order chi connectivity index (χ1) is 13.6. The van der Waals surface area contributed by atoms with Crippen LogP contribution in [-0.4, -0.2) is 59.1 Å². The number of fused-ring (bicyclic) bond motifs is 1. The Morgan fingerprint density at radius 3 is 2.72 bits per heavy atom. The van der Waals surface area contributed by atoms with Crippen LogP contribution in [0.25, 0.3) is 0 Å². The first-order valence-electron chi connectivity index (χ1n) is 8.47. The van der Waals surface area contributed by atoms with E-state index in [2.05, 4.69) is 20.8 Å². The van der Waals surface area contributed by atoms with Crippen molar-refractivity contribution in [2.24, 2.45) is 11.0 Å². The van der Waals surface area contributed by atoms with Crippen molar-refractivity contribution < 1.29 is 32.3 Å². The van der Waals surface area contributed by atoms with Gasteiger partial charge in [0.1, 0.15) is 17.8 Å². The van der Waals surface area contributed by atoms with Gasteiger partial charge in [0.25, 0.3) is 5.91 Å². The maximum Gasteiger partial charge on any atom is 0.417 e. The fraction of sp³-hybridized carbons (Fsp3) is 0.438. The molecule has 0 aliphatic carbocycles. The smallest absolute Gasteiger partial charge is 0.417 e.